The van der Waals surface area contributed by atoms with Gasteiger partial charge in [-0.15, -0.1) is 0 Å². The topological polar surface area (TPSA) is 73.1 Å². The van der Waals surface area contributed by atoms with Gasteiger partial charge in [0.25, 0.3) is 0 Å². The number of aromatic nitrogens is 2. The van der Waals surface area contributed by atoms with Crippen LogP contribution in [0.1, 0.15) is 11.3 Å². The monoisotopic (exact) mass is 274 g/mol. The minimum absolute atomic E-state index is 0.235. The lowest BCUT2D eigenvalue weighted by atomic mass is 10.2. The highest BCUT2D eigenvalue weighted by Gasteiger charge is 2.04. The van der Waals surface area contributed by atoms with Crippen LogP contribution in [0.15, 0.2) is 36.7 Å². The second-order valence-corrected chi connectivity index (χ2v) is 4.31. The van der Waals surface area contributed by atoms with Crippen molar-refractivity contribution in [1.82, 2.24) is 9.97 Å². The Morgan fingerprint density at radius 1 is 1.32 bits per heavy atom. The Kier molecular flexibility index (Phi) is 4.38. The molecule has 0 fully saturated rings. The molecule has 1 aromatic heterocycles. The molecule has 5 nitrogen and oxygen atoms in total. The van der Waals surface area contributed by atoms with Crippen LogP contribution in [0.25, 0.3) is 0 Å². The lowest BCUT2D eigenvalue weighted by molar-refractivity contribution is 0.185. The maximum atomic E-state index is 5.47. The first-order valence-electron chi connectivity index (χ1n) is 5.66. The minimum Gasteiger partial charge on any atom is -0.388 e. The van der Waals surface area contributed by atoms with E-state index in [1.807, 2.05) is 24.3 Å². The van der Waals surface area contributed by atoms with Gasteiger partial charge in [0.1, 0.15) is 16.5 Å². The standard InChI is InChI=1S/C13H14N4OS/c1-18-8-9-4-2-3-5-10(9)17-12-7-15-11(6-16-12)13(14)19/h2-7H,8H2,1H3,(H2,14,19)(H,16,17). The van der Waals surface area contributed by atoms with Gasteiger partial charge < -0.3 is 15.8 Å². The number of para-hydroxylation sites is 1. The third-order valence-corrected chi connectivity index (χ3v) is 2.69. The zero-order valence-electron chi connectivity index (χ0n) is 10.5. The Balaban J connectivity index is 2.19. The molecule has 0 saturated heterocycles. The molecule has 1 aromatic carbocycles. The molecule has 0 aliphatic heterocycles. The molecule has 0 amide bonds. The van der Waals surface area contributed by atoms with Gasteiger partial charge in [0.15, 0.2) is 0 Å². The number of benzene rings is 1. The molecule has 0 bridgehead atoms. The fraction of sp³-hybridized carbons (Fsp3) is 0.154. The zero-order valence-corrected chi connectivity index (χ0v) is 11.3. The quantitative estimate of drug-likeness (QED) is 0.812. The van der Waals surface area contributed by atoms with E-state index in [2.05, 4.69) is 15.3 Å². The number of nitrogens with zero attached hydrogens (tertiary/aromatic N) is 2. The van der Waals surface area contributed by atoms with Crippen LogP contribution in [0.2, 0.25) is 0 Å². The van der Waals surface area contributed by atoms with Crippen LogP contribution in [0.3, 0.4) is 0 Å². The first-order valence-corrected chi connectivity index (χ1v) is 6.07. The van der Waals surface area contributed by atoms with Crippen LogP contribution in [0.5, 0.6) is 0 Å². The Bertz CT molecular complexity index is 571. The Morgan fingerprint density at radius 2 is 2.11 bits per heavy atom. The van der Waals surface area contributed by atoms with E-state index in [-0.39, 0.29) is 4.99 Å². The van der Waals surface area contributed by atoms with E-state index in [4.69, 9.17) is 22.7 Å². The van der Waals surface area contributed by atoms with Gasteiger partial charge in [-0.1, -0.05) is 30.4 Å². The van der Waals surface area contributed by atoms with Gasteiger partial charge in [-0.05, 0) is 6.07 Å². The summed E-state index contributed by atoms with van der Waals surface area (Å²) in [6, 6.07) is 7.85. The highest BCUT2D eigenvalue weighted by molar-refractivity contribution is 7.80. The van der Waals surface area contributed by atoms with Crippen LogP contribution in [-0.2, 0) is 11.3 Å². The summed E-state index contributed by atoms with van der Waals surface area (Å²) in [4.78, 5) is 8.58. The van der Waals surface area contributed by atoms with Gasteiger partial charge in [0.2, 0.25) is 0 Å². The molecule has 0 spiro atoms. The van der Waals surface area contributed by atoms with Crippen LogP contribution in [0, 0.1) is 0 Å². The molecular formula is C13H14N4OS. The Hall–Kier alpha value is -2.05. The average Bonchev–Trinajstić information content (AvgIpc) is 2.42. The summed E-state index contributed by atoms with van der Waals surface area (Å²) in [5.74, 6) is 0.628. The van der Waals surface area contributed by atoms with Crippen LogP contribution in [-0.4, -0.2) is 22.1 Å². The number of rotatable bonds is 5. The van der Waals surface area contributed by atoms with E-state index in [0.29, 0.717) is 18.1 Å². The SMILES string of the molecule is COCc1ccccc1Nc1cnc(C(N)=S)cn1. The van der Waals surface area contributed by atoms with Crippen molar-refractivity contribution in [1.29, 1.82) is 0 Å². The number of nitrogens with one attached hydrogen (secondary N) is 1. The largest absolute Gasteiger partial charge is 0.388 e. The van der Waals surface area contributed by atoms with Gasteiger partial charge in [0.05, 0.1) is 19.0 Å². The first kappa shape index (κ1) is 13.4. The molecule has 0 saturated carbocycles. The predicted molar refractivity (Wildman–Crippen MR) is 78.4 cm³/mol. The number of nitrogens with two attached hydrogens (primary N) is 1. The number of ether oxygens (including phenoxy) is 1. The molecule has 0 aliphatic carbocycles. The van der Waals surface area contributed by atoms with Crippen LogP contribution >= 0.6 is 12.2 Å². The number of thiocarbonyl (C=S) groups is 1. The van der Waals surface area contributed by atoms with Crippen molar-refractivity contribution in [3.8, 4) is 0 Å². The lowest BCUT2D eigenvalue weighted by Crippen LogP contribution is -2.12. The lowest BCUT2D eigenvalue weighted by Gasteiger charge is -2.10. The van der Waals surface area contributed by atoms with Gasteiger partial charge in [-0.2, -0.15) is 0 Å². The van der Waals surface area contributed by atoms with Crippen molar-refractivity contribution in [3.63, 3.8) is 0 Å². The molecule has 19 heavy (non-hydrogen) atoms. The van der Waals surface area contributed by atoms with E-state index in [1.54, 1.807) is 19.5 Å². The summed E-state index contributed by atoms with van der Waals surface area (Å²) in [5, 5.41) is 3.19. The van der Waals surface area contributed by atoms with Crippen LogP contribution in [0.4, 0.5) is 11.5 Å². The van der Waals surface area contributed by atoms with Crippen molar-refractivity contribution in [2.75, 3.05) is 12.4 Å². The van der Waals surface area contributed by atoms with Gasteiger partial charge in [-0.25, -0.2) is 9.97 Å². The average molecular weight is 274 g/mol. The van der Waals surface area contributed by atoms with E-state index in [1.165, 1.54) is 0 Å². The fourth-order valence-corrected chi connectivity index (χ4v) is 1.69. The number of anilines is 2. The molecule has 2 rings (SSSR count). The molecule has 0 aliphatic rings. The van der Waals surface area contributed by atoms with Crippen molar-refractivity contribution in [2.45, 2.75) is 6.61 Å². The van der Waals surface area contributed by atoms with Crippen molar-refractivity contribution >= 4 is 28.7 Å². The fourth-order valence-electron chi connectivity index (χ4n) is 1.58. The summed E-state index contributed by atoms with van der Waals surface area (Å²) < 4.78 is 5.15. The van der Waals surface area contributed by atoms with Gasteiger partial charge in [0, 0.05) is 18.4 Å². The van der Waals surface area contributed by atoms with E-state index in [9.17, 15) is 0 Å². The highest BCUT2D eigenvalue weighted by Crippen LogP contribution is 2.19. The molecule has 1 heterocycles. The van der Waals surface area contributed by atoms with Crippen LogP contribution < -0.4 is 11.1 Å². The first-order chi connectivity index (χ1) is 9.20. The molecule has 0 radical (unpaired) electrons. The van der Waals surface area contributed by atoms with E-state index >= 15 is 0 Å². The predicted octanol–water partition coefficient (Wildman–Crippen LogP) is 2.00. The Labute approximate surface area is 116 Å². The summed E-state index contributed by atoms with van der Waals surface area (Å²) >= 11 is 4.83. The summed E-state index contributed by atoms with van der Waals surface area (Å²) in [7, 11) is 1.66. The second kappa shape index (κ2) is 6.21. The second-order valence-electron chi connectivity index (χ2n) is 3.87. The van der Waals surface area contributed by atoms with E-state index < -0.39 is 0 Å². The molecule has 0 unspecified atom stereocenters. The van der Waals surface area contributed by atoms with Crippen molar-refractivity contribution in [3.05, 3.63) is 47.9 Å². The summed E-state index contributed by atoms with van der Waals surface area (Å²) in [6.45, 7) is 0.529. The number of hydrogen-bond donors (Lipinski definition) is 2. The number of methoxy groups -OCH3 is 1. The maximum absolute atomic E-state index is 5.47. The molecule has 0 atom stereocenters. The maximum Gasteiger partial charge on any atom is 0.148 e. The number of hydrogen-bond acceptors (Lipinski definition) is 5. The van der Waals surface area contributed by atoms with Gasteiger partial charge >= 0.3 is 0 Å². The van der Waals surface area contributed by atoms with Crippen molar-refractivity contribution < 1.29 is 4.74 Å². The smallest absolute Gasteiger partial charge is 0.148 e. The highest BCUT2D eigenvalue weighted by atomic mass is 32.1. The van der Waals surface area contributed by atoms with Crippen molar-refractivity contribution in [2.24, 2.45) is 5.73 Å². The molecule has 6 heteroatoms. The third kappa shape index (κ3) is 3.46. The molecule has 3 N–H and O–H groups in total. The summed E-state index contributed by atoms with van der Waals surface area (Å²) in [6.07, 6.45) is 3.14. The minimum atomic E-state index is 0.235. The Morgan fingerprint density at radius 3 is 2.74 bits per heavy atom. The molecule has 2 aromatic rings. The van der Waals surface area contributed by atoms with E-state index in [0.717, 1.165) is 11.3 Å². The third-order valence-electron chi connectivity index (χ3n) is 2.48. The zero-order chi connectivity index (χ0) is 13.7. The summed E-state index contributed by atoms with van der Waals surface area (Å²) in [5.41, 5.74) is 7.96. The molecular weight excluding hydrogens is 260 g/mol. The molecule has 98 valence electrons. The van der Waals surface area contributed by atoms with Gasteiger partial charge in [-0.3, -0.25) is 0 Å². The normalized spacial score (nSPS) is 10.2.